The van der Waals surface area contributed by atoms with Crippen LogP contribution in [0.1, 0.15) is 23.6 Å². The number of rotatable bonds is 3. The maximum atomic E-state index is 12.6. The van der Waals surface area contributed by atoms with E-state index in [-0.39, 0.29) is 11.2 Å². The van der Waals surface area contributed by atoms with Crippen molar-refractivity contribution < 1.29 is 4.79 Å². The maximum Gasteiger partial charge on any atom is 0.238 e. The molecule has 0 fully saturated rings. The van der Waals surface area contributed by atoms with Crippen LogP contribution in [0.15, 0.2) is 47.4 Å². The highest BCUT2D eigenvalue weighted by Gasteiger charge is 2.28. The monoisotopic (exact) mass is 297 g/mol. The molecule has 0 aliphatic carbocycles. The lowest BCUT2D eigenvalue weighted by molar-refractivity contribution is -0.115. The predicted molar refractivity (Wildman–Crippen MR) is 89.0 cm³/mol. The fourth-order valence-electron chi connectivity index (χ4n) is 2.73. The zero-order valence-corrected chi connectivity index (χ0v) is 13.2. The molecule has 1 N–H and O–H groups in total. The topological polar surface area (TPSA) is 29.1 Å². The van der Waals surface area contributed by atoms with E-state index in [9.17, 15) is 4.79 Å². The molecule has 1 amide bonds. The van der Waals surface area contributed by atoms with E-state index in [4.69, 9.17) is 0 Å². The van der Waals surface area contributed by atoms with Crippen molar-refractivity contribution in [2.75, 3.05) is 5.32 Å². The minimum Gasteiger partial charge on any atom is -0.325 e. The molecule has 2 nitrogen and oxygen atoms in total. The van der Waals surface area contributed by atoms with Crippen LogP contribution in [0.2, 0.25) is 0 Å². The Morgan fingerprint density at radius 3 is 2.81 bits per heavy atom. The molecule has 0 aromatic heterocycles. The molecule has 108 valence electrons. The van der Waals surface area contributed by atoms with Gasteiger partial charge >= 0.3 is 0 Å². The quantitative estimate of drug-likeness (QED) is 0.919. The summed E-state index contributed by atoms with van der Waals surface area (Å²) in [5.41, 5.74) is 4.59. The smallest absolute Gasteiger partial charge is 0.238 e. The SMILES string of the molecule is CCc1cccc(C)c1NC(=O)C1Cc2ccccc2S1. The minimum absolute atomic E-state index is 0.0216. The number of aryl methyl sites for hydroxylation is 2. The molecule has 0 spiro atoms. The van der Waals surface area contributed by atoms with Gasteiger partial charge in [0, 0.05) is 10.6 Å². The third-order valence-corrected chi connectivity index (χ3v) is 5.25. The average molecular weight is 297 g/mol. The normalized spacial score (nSPS) is 16.6. The molecule has 0 radical (unpaired) electrons. The van der Waals surface area contributed by atoms with Gasteiger partial charge in [0.25, 0.3) is 0 Å². The molecule has 3 heteroatoms. The Morgan fingerprint density at radius 2 is 2.05 bits per heavy atom. The summed E-state index contributed by atoms with van der Waals surface area (Å²) in [6.07, 6.45) is 1.75. The fourth-order valence-corrected chi connectivity index (χ4v) is 3.93. The van der Waals surface area contributed by atoms with Crippen LogP contribution >= 0.6 is 11.8 Å². The summed E-state index contributed by atoms with van der Waals surface area (Å²) in [5, 5.41) is 3.13. The summed E-state index contributed by atoms with van der Waals surface area (Å²) in [4.78, 5) is 13.8. The van der Waals surface area contributed by atoms with Gasteiger partial charge in [0.2, 0.25) is 5.91 Å². The lowest BCUT2D eigenvalue weighted by Gasteiger charge is -2.15. The molecule has 1 atom stereocenters. The van der Waals surface area contributed by atoms with E-state index in [1.165, 1.54) is 16.0 Å². The number of hydrogen-bond acceptors (Lipinski definition) is 2. The second-order valence-corrected chi connectivity index (χ2v) is 6.61. The van der Waals surface area contributed by atoms with E-state index in [1.807, 2.05) is 31.2 Å². The highest BCUT2D eigenvalue weighted by molar-refractivity contribution is 8.01. The van der Waals surface area contributed by atoms with Gasteiger partial charge in [-0.15, -0.1) is 11.8 Å². The molecule has 0 saturated heterocycles. The molecule has 3 rings (SSSR count). The number of nitrogens with one attached hydrogen (secondary N) is 1. The van der Waals surface area contributed by atoms with Gasteiger partial charge in [-0.3, -0.25) is 4.79 Å². The van der Waals surface area contributed by atoms with Gasteiger partial charge in [-0.25, -0.2) is 0 Å². The third kappa shape index (κ3) is 2.84. The van der Waals surface area contributed by atoms with E-state index in [0.29, 0.717) is 0 Å². The Hall–Kier alpha value is -1.74. The number of anilines is 1. The van der Waals surface area contributed by atoms with Gasteiger partial charge in [0.1, 0.15) is 0 Å². The van der Waals surface area contributed by atoms with E-state index in [2.05, 4.69) is 30.4 Å². The first-order valence-corrected chi connectivity index (χ1v) is 8.21. The van der Waals surface area contributed by atoms with Crippen molar-refractivity contribution in [1.82, 2.24) is 0 Å². The van der Waals surface area contributed by atoms with Crippen molar-refractivity contribution in [1.29, 1.82) is 0 Å². The van der Waals surface area contributed by atoms with Crippen LogP contribution in [-0.2, 0) is 17.6 Å². The highest BCUT2D eigenvalue weighted by Crippen LogP contribution is 2.37. The average Bonchev–Trinajstić information content (AvgIpc) is 2.93. The van der Waals surface area contributed by atoms with Gasteiger partial charge < -0.3 is 5.32 Å². The molecule has 21 heavy (non-hydrogen) atoms. The number of amides is 1. The number of fused-ring (bicyclic) bond motifs is 1. The summed E-state index contributed by atoms with van der Waals surface area (Å²) in [5.74, 6) is 0.111. The van der Waals surface area contributed by atoms with E-state index >= 15 is 0 Å². The first-order valence-electron chi connectivity index (χ1n) is 7.33. The van der Waals surface area contributed by atoms with Crippen LogP contribution in [0.5, 0.6) is 0 Å². The van der Waals surface area contributed by atoms with Gasteiger partial charge in [-0.2, -0.15) is 0 Å². The molecule has 1 aliphatic heterocycles. The number of hydrogen-bond donors (Lipinski definition) is 1. The number of carbonyl (C=O) groups is 1. The van der Waals surface area contributed by atoms with E-state index < -0.39 is 0 Å². The van der Waals surface area contributed by atoms with Crippen molar-refractivity contribution >= 4 is 23.4 Å². The minimum atomic E-state index is -0.0216. The molecule has 2 aromatic carbocycles. The predicted octanol–water partition coefficient (Wildman–Crippen LogP) is 4.21. The van der Waals surface area contributed by atoms with Gasteiger partial charge in [0.15, 0.2) is 0 Å². The molecule has 1 unspecified atom stereocenters. The Bertz CT molecular complexity index is 656. The van der Waals surface area contributed by atoms with Crippen molar-refractivity contribution in [3.05, 3.63) is 59.2 Å². The summed E-state index contributed by atoms with van der Waals surface area (Å²) >= 11 is 1.67. The maximum absolute atomic E-state index is 12.6. The second kappa shape index (κ2) is 5.94. The van der Waals surface area contributed by atoms with Gasteiger partial charge in [-0.1, -0.05) is 43.3 Å². The van der Waals surface area contributed by atoms with Gasteiger partial charge in [0.05, 0.1) is 5.25 Å². The Balaban J connectivity index is 1.77. The third-order valence-electron chi connectivity index (χ3n) is 3.93. The van der Waals surface area contributed by atoms with Crippen LogP contribution < -0.4 is 5.32 Å². The zero-order valence-electron chi connectivity index (χ0n) is 12.3. The Labute approximate surface area is 130 Å². The Morgan fingerprint density at radius 1 is 1.24 bits per heavy atom. The summed E-state index contributed by atoms with van der Waals surface area (Å²) < 4.78 is 0. The highest BCUT2D eigenvalue weighted by atomic mass is 32.2. The van der Waals surface area contributed by atoms with Crippen molar-refractivity contribution in [2.24, 2.45) is 0 Å². The van der Waals surface area contributed by atoms with Crippen LogP contribution in [0.25, 0.3) is 0 Å². The van der Waals surface area contributed by atoms with Crippen molar-refractivity contribution in [2.45, 2.75) is 36.8 Å². The molecule has 1 heterocycles. The fraction of sp³-hybridized carbons (Fsp3) is 0.278. The standard InChI is InChI=1S/C18H19NOS/c1-3-13-9-6-7-12(2)17(13)19-18(20)16-11-14-8-4-5-10-15(14)21-16/h4-10,16H,3,11H2,1-2H3,(H,19,20). The lowest BCUT2D eigenvalue weighted by Crippen LogP contribution is -2.25. The number of para-hydroxylation sites is 1. The van der Waals surface area contributed by atoms with Crippen molar-refractivity contribution in [3.8, 4) is 0 Å². The van der Waals surface area contributed by atoms with Crippen LogP contribution in [0.3, 0.4) is 0 Å². The van der Waals surface area contributed by atoms with Crippen LogP contribution in [-0.4, -0.2) is 11.2 Å². The molecule has 1 aliphatic rings. The number of carbonyl (C=O) groups excluding carboxylic acids is 1. The summed E-state index contributed by atoms with van der Waals surface area (Å²) in [7, 11) is 0. The summed E-state index contributed by atoms with van der Waals surface area (Å²) in [6.45, 7) is 4.16. The van der Waals surface area contributed by atoms with Crippen LogP contribution in [0, 0.1) is 6.92 Å². The van der Waals surface area contributed by atoms with Crippen LogP contribution in [0.4, 0.5) is 5.69 Å². The first kappa shape index (κ1) is 14.2. The second-order valence-electron chi connectivity index (χ2n) is 5.37. The zero-order chi connectivity index (χ0) is 14.8. The van der Waals surface area contributed by atoms with Gasteiger partial charge in [-0.05, 0) is 42.5 Å². The number of benzene rings is 2. The molecule has 0 saturated carbocycles. The molecule has 0 bridgehead atoms. The lowest BCUT2D eigenvalue weighted by atomic mass is 10.1. The van der Waals surface area contributed by atoms with E-state index in [0.717, 1.165) is 24.1 Å². The Kier molecular flexibility index (Phi) is 4.02. The summed E-state index contributed by atoms with van der Waals surface area (Å²) in [6, 6.07) is 14.5. The molecular formula is C18H19NOS. The van der Waals surface area contributed by atoms with E-state index in [1.54, 1.807) is 11.8 Å². The first-order chi connectivity index (χ1) is 10.2. The largest absolute Gasteiger partial charge is 0.325 e. The van der Waals surface area contributed by atoms with Crippen molar-refractivity contribution in [3.63, 3.8) is 0 Å². The molecule has 2 aromatic rings. The number of thioether (sulfide) groups is 1. The molecular weight excluding hydrogens is 278 g/mol.